The number of piperidine rings is 1. The maximum Gasteiger partial charge on any atom is 0.291 e. The fourth-order valence-electron chi connectivity index (χ4n) is 5.81. The summed E-state index contributed by atoms with van der Waals surface area (Å²) in [5, 5.41) is 11.4. The molecule has 242 valence electrons. The van der Waals surface area contributed by atoms with Gasteiger partial charge in [-0.25, -0.2) is 9.37 Å². The number of carbonyl (C=O) groups is 3. The van der Waals surface area contributed by atoms with Gasteiger partial charge >= 0.3 is 0 Å². The number of nitriles is 1. The minimum atomic E-state index is -1.25. The first-order valence-corrected chi connectivity index (χ1v) is 14.9. The lowest BCUT2D eigenvalue weighted by atomic mass is 9.94. The van der Waals surface area contributed by atoms with E-state index in [4.69, 9.17) is 20.5 Å². The van der Waals surface area contributed by atoms with E-state index in [1.165, 1.54) is 29.9 Å². The molecule has 2 aliphatic heterocycles. The van der Waals surface area contributed by atoms with E-state index in [-0.39, 0.29) is 40.9 Å². The van der Waals surface area contributed by atoms with E-state index in [1.54, 1.807) is 36.1 Å². The summed E-state index contributed by atoms with van der Waals surface area (Å²) in [6, 6.07) is 9.10. The molecule has 2 aliphatic rings. The Kier molecular flexibility index (Phi) is 9.93. The first-order chi connectivity index (χ1) is 22.1. The minimum absolute atomic E-state index is 0.0505. The molecule has 1 aromatic heterocycles. The summed E-state index contributed by atoms with van der Waals surface area (Å²) >= 11 is 0. The van der Waals surface area contributed by atoms with Crippen molar-refractivity contribution in [1.29, 1.82) is 5.26 Å². The molecule has 12 nitrogen and oxygen atoms in total. The van der Waals surface area contributed by atoms with Gasteiger partial charge in [-0.3, -0.25) is 14.4 Å². The number of rotatable bonds is 8. The third-order valence-electron chi connectivity index (χ3n) is 8.37. The van der Waals surface area contributed by atoms with Gasteiger partial charge in [0.1, 0.15) is 6.07 Å². The van der Waals surface area contributed by atoms with Crippen molar-refractivity contribution in [2.75, 3.05) is 51.3 Å². The number of aryl methyl sites for hydroxylation is 1. The number of anilines is 1. The molecule has 0 unspecified atom stereocenters. The van der Waals surface area contributed by atoms with E-state index < -0.39 is 29.9 Å². The zero-order valence-electron chi connectivity index (χ0n) is 25.6. The SMILES string of the molecule is Cc1cc(NC(=O)c2ncc(-c3ccc(OCC#N)c(F)c3F)n2C)ccc1C(=O)N1CCC(C(=O)N2CCO[C@H](CN)C2)CC1. The number of nitrogens with zero attached hydrogens (tertiary/aromatic N) is 5. The highest BCUT2D eigenvalue weighted by Gasteiger charge is 2.33. The topological polar surface area (TPSA) is 156 Å². The van der Waals surface area contributed by atoms with Crippen molar-refractivity contribution in [3.8, 4) is 23.1 Å². The summed E-state index contributed by atoms with van der Waals surface area (Å²) < 4.78 is 41.1. The van der Waals surface area contributed by atoms with E-state index in [2.05, 4.69) is 10.3 Å². The van der Waals surface area contributed by atoms with Gasteiger partial charge in [-0.15, -0.1) is 0 Å². The number of likely N-dealkylation sites (tertiary alicyclic amines) is 1. The first-order valence-electron chi connectivity index (χ1n) is 14.9. The second-order valence-electron chi connectivity index (χ2n) is 11.3. The van der Waals surface area contributed by atoms with Crippen molar-refractivity contribution < 1.29 is 32.6 Å². The Labute approximate surface area is 264 Å². The summed E-state index contributed by atoms with van der Waals surface area (Å²) in [6.07, 6.45) is 2.25. The maximum atomic E-state index is 14.8. The van der Waals surface area contributed by atoms with Crippen molar-refractivity contribution in [2.45, 2.75) is 25.9 Å². The van der Waals surface area contributed by atoms with Crippen LogP contribution in [0.4, 0.5) is 14.5 Å². The van der Waals surface area contributed by atoms with Crippen LogP contribution in [0.1, 0.15) is 39.4 Å². The Balaban J connectivity index is 1.20. The van der Waals surface area contributed by atoms with Crippen LogP contribution in [0.15, 0.2) is 36.5 Å². The summed E-state index contributed by atoms with van der Waals surface area (Å²) in [7, 11) is 1.50. The van der Waals surface area contributed by atoms with Gasteiger partial charge in [0.25, 0.3) is 11.8 Å². The van der Waals surface area contributed by atoms with E-state index in [1.807, 2.05) is 4.90 Å². The van der Waals surface area contributed by atoms with E-state index in [0.29, 0.717) is 69.0 Å². The van der Waals surface area contributed by atoms with Crippen LogP contribution in [0.25, 0.3) is 11.3 Å². The average molecular weight is 636 g/mol. The highest BCUT2D eigenvalue weighted by atomic mass is 19.2. The number of amides is 3. The fourth-order valence-corrected chi connectivity index (χ4v) is 5.81. The smallest absolute Gasteiger partial charge is 0.291 e. The Morgan fingerprint density at radius 3 is 2.59 bits per heavy atom. The molecule has 3 heterocycles. The lowest BCUT2D eigenvalue weighted by molar-refractivity contribution is -0.144. The van der Waals surface area contributed by atoms with Gasteiger partial charge in [-0.05, 0) is 55.7 Å². The van der Waals surface area contributed by atoms with Gasteiger partial charge < -0.3 is 34.9 Å². The number of nitrogens with one attached hydrogen (secondary N) is 1. The average Bonchev–Trinajstić information content (AvgIpc) is 3.45. The highest BCUT2D eigenvalue weighted by molar-refractivity contribution is 6.03. The van der Waals surface area contributed by atoms with Gasteiger partial charge in [-0.2, -0.15) is 9.65 Å². The molecule has 2 saturated heterocycles. The number of imidazole rings is 1. The third kappa shape index (κ3) is 6.70. The number of hydrogen-bond acceptors (Lipinski definition) is 8. The molecule has 2 fully saturated rings. The zero-order valence-corrected chi connectivity index (χ0v) is 25.6. The molecule has 2 aromatic carbocycles. The largest absolute Gasteiger partial charge is 0.476 e. The molecule has 5 rings (SSSR count). The number of halogens is 2. The molecule has 46 heavy (non-hydrogen) atoms. The Bertz CT molecular complexity index is 1680. The van der Waals surface area contributed by atoms with E-state index in [0.717, 1.165) is 0 Å². The van der Waals surface area contributed by atoms with Crippen LogP contribution in [0, 0.1) is 35.8 Å². The fraction of sp³-hybridized carbons (Fsp3) is 0.406. The summed E-state index contributed by atoms with van der Waals surface area (Å²) in [4.78, 5) is 47.2. The van der Waals surface area contributed by atoms with Crippen LogP contribution >= 0.6 is 0 Å². The molecule has 14 heteroatoms. The van der Waals surface area contributed by atoms with Gasteiger partial charge in [-0.1, -0.05) is 0 Å². The molecular formula is C32H35F2N7O5. The molecule has 0 radical (unpaired) electrons. The number of aromatic nitrogens is 2. The molecule has 0 aliphatic carbocycles. The number of benzene rings is 2. The molecule has 0 spiro atoms. The molecule has 3 N–H and O–H groups in total. The Morgan fingerprint density at radius 2 is 1.89 bits per heavy atom. The predicted molar refractivity (Wildman–Crippen MR) is 163 cm³/mol. The summed E-state index contributed by atoms with van der Waals surface area (Å²) in [5.41, 5.74) is 7.29. The van der Waals surface area contributed by atoms with Crippen LogP contribution < -0.4 is 15.8 Å². The van der Waals surface area contributed by atoms with E-state index in [9.17, 15) is 23.2 Å². The minimum Gasteiger partial charge on any atom is -0.476 e. The quantitative estimate of drug-likeness (QED) is 0.383. The predicted octanol–water partition coefficient (Wildman–Crippen LogP) is 2.87. The monoisotopic (exact) mass is 635 g/mol. The van der Waals surface area contributed by atoms with Crippen molar-refractivity contribution in [1.82, 2.24) is 19.4 Å². The van der Waals surface area contributed by atoms with Crippen LogP contribution in [-0.2, 0) is 16.6 Å². The van der Waals surface area contributed by atoms with Gasteiger partial charge in [0, 0.05) is 62.5 Å². The van der Waals surface area contributed by atoms with Gasteiger partial charge in [0.15, 0.2) is 24.0 Å². The molecule has 0 saturated carbocycles. The number of morpholine rings is 1. The highest BCUT2D eigenvalue weighted by Crippen LogP contribution is 2.30. The number of hydrogen-bond donors (Lipinski definition) is 2. The van der Waals surface area contributed by atoms with E-state index >= 15 is 0 Å². The number of ether oxygens (including phenoxy) is 2. The summed E-state index contributed by atoms with van der Waals surface area (Å²) in [5.74, 6) is -3.71. The Hall–Kier alpha value is -4.87. The van der Waals surface area contributed by atoms with Crippen molar-refractivity contribution in [3.05, 3.63) is 65.1 Å². The molecule has 1 atom stereocenters. The van der Waals surface area contributed by atoms with Crippen molar-refractivity contribution in [2.24, 2.45) is 18.7 Å². The second kappa shape index (κ2) is 14.1. The van der Waals surface area contributed by atoms with Crippen LogP contribution in [0.5, 0.6) is 5.75 Å². The van der Waals surface area contributed by atoms with Crippen LogP contribution in [-0.4, -0.2) is 89.1 Å². The van der Waals surface area contributed by atoms with Crippen molar-refractivity contribution >= 4 is 23.4 Å². The second-order valence-corrected chi connectivity index (χ2v) is 11.3. The molecule has 0 bridgehead atoms. The Morgan fingerprint density at radius 1 is 1.13 bits per heavy atom. The zero-order chi connectivity index (χ0) is 33.0. The normalized spacial score (nSPS) is 17.0. The van der Waals surface area contributed by atoms with Crippen LogP contribution in [0.3, 0.4) is 0 Å². The van der Waals surface area contributed by atoms with Gasteiger partial charge in [0.05, 0.1) is 24.6 Å². The molecular weight excluding hydrogens is 600 g/mol. The number of carbonyl (C=O) groups excluding carboxylic acids is 3. The molecule has 3 aromatic rings. The van der Waals surface area contributed by atoms with Crippen LogP contribution in [0.2, 0.25) is 0 Å². The molecule has 3 amide bonds. The van der Waals surface area contributed by atoms with Gasteiger partial charge in [0.2, 0.25) is 11.7 Å². The lowest BCUT2D eigenvalue weighted by Crippen LogP contribution is -2.51. The first kappa shape index (κ1) is 32.5. The van der Waals surface area contributed by atoms with Crippen molar-refractivity contribution in [3.63, 3.8) is 0 Å². The summed E-state index contributed by atoms with van der Waals surface area (Å²) in [6.45, 7) is 4.12. The maximum absolute atomic E-state index is 14.8. The third-order valence-corrected chi connectivity index (χ3v) is 8.37. The number of nitrogens with two attached hydrogens (primary N) is 1. The lowest BCUT2D eigenvalue weighted by Gasteiger charge is -2.37. The standard InChI is InChI=1S/C32H35F2N7O5/c1-19-15-21(38-30(42)29-37-17-25(39(29)2)24-5-6-26(46-13-9-35)28(34)27(24)33)3-4-23(19)32(44)40-10-7-20(8-11-40)31(43)41-12-14-45-22(16-36)18-41/h3-6,15,17,20,22H,7-8,10-14,16,18,36H2,1-2H3,(H,38,42)/t22-/m1/s1.